The molecule has 1 saturated heterocycles. The second-order valence-electron chi connectivity index (χ2n) is 5.10. The SMILES string of the molecule is COc1ccccc1CNCC(=O)N1CCN(C)CC1. The number of methoxy groups -OCH3 is 1. The van der Waals surface area contributed by atoms with E-state index in [1.54, 1.807) is 7.11 Å². The van der Waals surface area contributed by atoms with Crippen molar-refractivity contribution in [1.29, 1.82) is 0 Å². The number of carbonyl (C=O) groups excluding carboxylic acids is 1. The topological polar surface area (TPSA) is 44.8 Å². The maximum atomic E-state index is 12.1. The summed E-state index contributed by atoms with van der Waals surface area (Å²) in [6.07, 6.45) is 0. The molecule has 5 nitrogen and oxygen atoms in total. The Balaban J connectivity index is 1.76. The summed E-state index contributed by atoms with van der Waals surface area (Å²) in [7, 11) is 3.75. The molecular weight excluding hydrogens is 254 g/mol. The van der Waals surface area contributed by atoms with Crippen LogP contribution in [0.3, 0.4) is 0 Å². The third-order valence-corrected chi connectivity index (χ3v) is 3.64. The van der Waals surface area contributed by atoms with Crippen LogP contribution >= 0.6 is 0 Å². The molecule has 0 bridgehead atoms. The minimum Gasteiger partial charge on any atom is -0.496 e. The Morgan fingerprint density at radius 3 is 2.65 bits per heavy atom. The van der Waals surface area contributed by atoms with Crippen molar-refractivity contribution in [2.75, 3.05) is 46.9 Å². The van der Waals surface area contributed by atoms with E-state index in [9.17, 15) is 4.79 Å². The van der Waals surface area contributed by atoms with E-state index >= 15 is 0 Å². The van der Waals surface area contributed by atoms with Crippen LogP contribution in [0.15, 0.2) is 24.3 Å². The predicted octanol–water partition coefficient (Wildman–Crippen LogP) is 0.559. The Labute approximate surface area is 120 Å². The van der Waals surface area contributed by atoms with E-state index in [-0.39, 0.29) is 5.91 Å². The van der Waals surface area contributed by atoms with Crippen molar-refractivity contribution in [2.45, 2.75) is 6.54 Å². The molecule has 1 amide bonds. The van der Waals surface area contributed by atoms with Crippen LogP contribution in [0.2, 0.25) is 0 Å². The highest BCUT2D eigenvalue weighted by molar-refractivity contribution is 5.78. The Morgan fingerprint density at radius 2 is 1.95 bits per heavy atom. The van der Waals surface area contributed by atoms with Crippen LogP contribution in [0.1, 0.15) is 5.56 Å². The molecule has 0 spiro atoms. The standard InChI is InChI=1S/C15H23N3O2/c1-17-7-9-18(10-8-17)15(19)12-16-11-13-5-3-4-6-14(13)20-2/h3-6,16H,7-12H2,1-2H3. The molecule has 1 aliphatic rings. The first kappa shape index (κ1) is 14.8. The Morgan fingerprint density at radius 1 is 1.25 bits per heavy atom. The maximum absolute atomic E-state index is 12.1. The van der Waals surface area contributed by atoms with Crippen molar-refractivity contribution in [3.05, 3.63) is 29.8 Å². The highest BCUT2D eigenvalue weighted by Gasteiger charge is 2.18. The van der Waals surface area contributed by atoms with E-state index in [0.717, 1.165) is 37.5 Å². The van der Waals surface area contributed by atoms with Crippen molar-refractivity contribution in [1.82, 2.24) is 15.1 Å². The number of para-hydroxylation sites is 1. The molecule has 2 rings (SSSR count). The van der Waals surface area contributed by atoms with Gasteiger partial charge in [-0.05, 0) is 13.1 Å². The van der Waals surface area contributed by atoms with Crippen molar-refractivity contribution in [3.8, 4) is 5.75 Å². The van der Waals surface area contributed by atoms with Crippen molar-refractivity contribution >= 4 is 5.91 Å². The first-order valence-corrected chi connectivity index (χ1v) is 6.99. The average Bonchev–Trinajstić information content (AvgIpc) is 2.48. The maximum Gasteiger partial charge on any atom is 0.236 e. The zero-order valence-electron chi connectivity index (χ0n) is 12.3. The normalized spacial score (nSPS) is 16.2. The molecule has 0 saturated carbocycles. The van der Waals surface area contributed by atoms with E-state index in [1.807, 2.05) is 29.2 Å². The van der Waals surface area contributed by atoms with Gasteiger partial charge in [0.2, 0.25) is 5.91 Å². The van der Waals surface area contributed by atoms with Gasteiger partial charge < -0.3 is 19.9 Å². The Hall–Kier alpha value is -1.59. The van der Waals surface area contributed by atoms with Crippen LogP contribution in [0, 0.1) is 0 Å². The van der Waals surface area contributed by atoms with Gasteiger partial charge in [0.05, 0.1) is 13.7 Å². The molecule has 0 aromatic heterocycles. The summed E-state index contributed by atoms with van der Waals surface area (Å²) in [5.41, 5.74) is 1.07. The number of likely N-dealkylation sites (N-methyl/N-ethyl adjacent to an activating group) is 1. The second-order valence-corrected chi connectivity index (χ2v) is 5.10. The molecule has 1 aromatic rings. The number of ether oxygens (including phenoxy) is 1. The van der Waals surface area contributed by atoms with E-state index in [2.05, 4.69) is 17.3 Å². The van der Waals surface area contributed by atoms with E-state index in [0.29, 0.717) is 13.1 Å². The molecule has 0 atom stereocenters. The van der Waals surface area contributed by atoms with E-state index in [1.165, 1.54) is 0 Å². The van der Waals surface area contributed by atoms with Gasteiger partial charge in [0, 0.05) is 38.3 Å². The minimum atomic E-state index is 0.174. The molecule has 20 heavy (non-hydrogen) atoms. The Kier molecular flexibility index (Phi) is 5.38. The number of nitrogens with one attached hydrogen (secondary N) is 1. The number of rotatable bonds is 5. The van der Waals surface area contributed by atoms with E-state index in [4.69, 9.17) is 4.74 Å². The lowest BCUT2D eigenvalue weighted by Crippen LogP contribution is -2.49. The monoisotopic (exact) mass is 277 g/mol. The predicted molar refractivity (Wildman–Crippen MR) is 78.8 cm³/mol. The van der Waals surface area contributed by atoms with Crippen molar-refractivity contribution < 1.29 is 9.53 Å². The van der Waals surface area contributed by atoms with Crippen LogP contribution < -0.4 is 10.1 Å². The molecule has 5 heteroatoms. The molecular formula is C15H23N3O2. The van der Waals surface area contributed by atoms with Crippen LogP contribution in [0.25, 0.3) is 0 Å². The number of amides is 1. The third kappa shape index (κ3) is 3.95. The molecule has 1 aliphatic heterocycles. The van der Waals surface area contributed by atoms with Gasteiger partial charge in [-0.1, -0.05) is 18.2 Å². The van der Waals surface area contributed by atoms with Crippen LogP contribution in [0.5, 0.6) is 5.75 Å². The summed E-state index contributed by atoms with van der Waals surface area (Å²) in [5, 5.41) is 3.20. The van der Waals surface area contributed by atoms with Gasteiger partial charge in [0.1, 0.15) is 5.75 Å². The molecule has 110 valence electrons. The highest BCUT2D eigenvalue weighted by Crippen LogP contribution is 2.16. The molecule has 1 aromatic carbocycles. The summed E-state index contributed by atoms with van der Waals surface area (Å²) in [6.45, 7) is 4.58. The third-order valence-electron chi connectivity index (χ3n) is 3.64. The van der Waals surface area contributed by atoms with Gasteiger partial charge in [-0.15, -0.1) is 0 Å². The zero-order valence-corrected chi connectivity index (χ0v) is 12.3. The van der Waals surface area contributed by atoms with Crippen LogP contribution in [0.4, 0.5) is 0 Å². The van der Waals surface area contributed by atoms with Crippen molar-refractivity contribution in [2.24, 2.45) is 0 Å². The molecule has 1 N–H and O–H groups in total. The summed E-state index contributed by atoms with van der Waals surface area (Å²) in [4.78, 5) is 16.2. The summed E-state index contributed by atoms with van der Waals surface area (Å²) >= 11 is 0. The number of hydrogen-bond donors (Lipinski definition) is 1. The molecule has 1 heterocycles. The van der Waals surface area contributed by atoms with Crippen molar-refractivity contribution in [3.63, 3.8) is 0 Å². The van der Waals surface area contributed by atoms with Crippen LogP contribution in [-0.2, 0) is 11.3 Å². The van der Waals surface area contributed by atoms with Gasteiger partial charge in [0.25, 0.3) is 0 Å². The summed E-state index contributed by atoms with van der Waals surface area (Å²) < 4.78 is 5.29. The largest absolute Gasteiger partial charge is 0.496 e. The van der Waals surface area contributed by atoms with E-state index < -0.39 is 0 Å². The number of nitrogens with zero attached hydrogens (tertiary/aromatic N) is 2. The van der Waals surface area contributed by atoms with Gasteiger partial charge in [-0.3, -0.25) is 4.79 Å². The summed E-state index contributed by atoms with van der Waals surface area (Å²) in [6, 6.07) is 7.85. The summed E-state index contributed by atoms with van der Waals surface area (Å²) in [5.74, 6) is 1.03. The Bertz CT molecular complexity index is 442. The fourth-order valence-electron chi connectivity index (χ4n) is 2.32. The van der Waals surface area contributed by atoms with Gasteiger partial charge >= 0.3 is 0 Å². The first-order valence-electron chi connectivity index (χ1n) is 6.99. The smallest absolute Gasteiger partial charge is 0.236 e. The molecule has 1 fully saturated rings. The fourth-order valence-corrected chi connectivity index (χ4v) is 2.32. The molecule has 0 unspecified atom stereocenters. The van der Waals surface area contributed by atoms with Crippen LogP contribution in [-0.4, -0.2) is 62.6 Å². The highest BCUT2D eigenvalue weighted by atomic mass is 16.5. The lowest BCUT2D eigenvalue weighted by atomic mass is 10.2. The fraction of sp³-hybridized carbons (Fsp3) is 0.533. The first-order chi connectivity index (χ1) is 9.70. The number of hydrogen-bond acceptors (Lipinski definition) is 4. The lowest BCUT2D eigenvalue weighted by Gasteiger charge is -2.32. The quantitative estimate of drug-likeness (QED) is 0.854. The number of carbonyl (C=O) groups is 1. The van der Waals surface area contributed by atoms with Gasteiger partial charge in [0.15, 0.2) is 0 Å². The lowest BCUT2D eigenvalue weighted by molar-refractivity contribution is -0.131. The molecule has 0 aliphatic carbocycles. The minimum absolute atomic E-state index is 0.174. The second kappa shape index (κ2) is 7.26. The number of benzene rings is 1. The number of piperazine rings is 1. The molecule has 0 radical (unpaired) electrons. The average molecular weight is 277 g/mol. The van der Waals surface area contributed by atoms with Gasteiger partial charge in [-0.25, -0.2) is 0 Å². The zero-order chi connectivity index (χ0) is 14.4. The van der Waals surface area contributed by atoms with Gasteiger partial charge in [-0.2, -0.15) is 0 Å².